The summed E-state index contributed by atoms with van der Waals surface area (Å²) < 4.78 is -0.246. The topological polar surface area (TPSA) is 40.5 Å². The third-order valence-corrected chi connectivity index (χ3v) is 4.06. The Balaban J connectivity index is 2.55. The van der Waals surface area contributed by atoms with E-state index in [0.717, 1.165) is 18.6 Å². The molecule has 1 rings (SSSR count). The Morgan fingerprint density at radius 2 is 2.36 bits per heavy atom. The smallest absolute Gasteiger partial charge is 0.238 e. The molecule has 82 valence electrons. The minimum absolute atomic E-state index is 0.154. The lowest BCUT2D eigenvalue weighted by molar-refractivity contribution is -0.133. The number of aliphatic hydroxyl groups excluding tert-OH is 1. The molecule has 0 aromatic rings. The summed E-state index contributed by atoms with van der Waals surface area (Å²) >= 11 is 1.74. The molecule has 0 aromatic heterocycles. The van der Waals surface area contributed by atoms with Crippen molar-refractivity contribution < 1.29 is 9.90 Å². The number of nitrogens with zero attached hydrogens (tertiary/aromatic N) is 1. The molecule has 0 radical (unpaired) electrons. The fourth-order valence-electron chi connectivity index (χ4n) is 1.83. The van der Waals surface area contributed by atoms with Crippen LogP contribution in [0.4, 0.5) is 0 Å². The van der Waals surface area contributed by atoms with Gasteiger partial charge in [0.15, 0.2) is 0 Å². The van der Waals surface area contributed by atoms with Gasteiger partial charge in [0.25, 0.3) is 0 Å². The molecule has 0 bridgehead atoms. The van der Waals surface area contributed by atoms with Crippen molar-refractivity contribution in [2.45, 2.75) is 37.5 Å². The fraction of sp³-hybridized carbons (Fsp3) is 0.900. The van der Waals surface area contributed by atoms with Gasteiger partial charge in [0, 0.05) is 13.6 Å². The van der Waals surface area contributed by atoms with Crippen molar-refractivity contribution in [3.63, 3.8) is 0 Å². The normalized spacial score (nSPS) is 28.9. The van der Waals surface area contributed by atoms with E-state index in [1.165, 1.54) is 0 Å². The van der Waals surface area contributed by atoms with Crippen LogP contribution in [0.1, 0.15) is 26.7 Å². The lowest BCUT2D eigenvalue weighted by Crippen LogP contribution is -2.44. The van der Waals surface area contributed by atoms with Crippen molar-refractivity contribution in [2.24, 2.45) is 0 Å². The van der Waals surface area contributed by atoms with E-state index in [-0.39, 0.29) is 10.7 Å². The fourth-order valence-corrected chi connectivity index (χ4v) is 3.14. The highest BCUT2D eigenvalue weighted by atomic mass is 32.2. The largest absolute Gasteiger partial charge is 0.392 e. The Bertz CT molecular complexity index is 212. The Labute approximate surface area is 89.9 Å². The second kappa shape index (κ2) is 4.53. The van der Waals surface area contributed by atoms with E-state index >= 15 is 0 Å². The van der Waals surface area contributed by atoms with E-state index in [2.05, 4.69) is 0 Å². The van der Waals surface area contributed by atoms with Crippen LogP contribution in [-0.2, 0) is 4.79 Å². The van der Waals surface area contributed by atoms with Crippen LogP contribution in [0.2, 0.25) is 0 Å². The number of likely N-dealkylation sites (N-methyl/N-ethyl adjacent to an activating group) is 1. The second-order valence-corrected chi connectivity index (χ2v) is 5.82. The van der Waals surface area contributed by atoms with Crippen LogP contribution in [0.3, 0.4) is 0 Å². The zero-order valence-electron chi connectivity index (χ0n) is 9.12. The van der Waals surface area contributed by atoms with Crippen LogP contribution in [0.15, 0.2) is 0 Å². The summed E-state index contributed by atoms with van der Waals surface area (Å²) in [5.41, 5.74) is 0. The molecule has 1 heterocycles. The molecule has 1 N–H and O–H groups in total. The predicted octanol–water partition coefficient (Wildman–Crippen LogP) is 1.11. The molecule has 0 aliphatic carbocycles. The number of amides is 1. The number of aliphatic hydroxyl groups is 1. The van der Waals surface area contributed by atoms with Crippen molar-refractivity contribution >= 4 is 17.7 Å². The summed E-state index contributed by atoms with van der Waals surface area (Å²) in [6.45, 7) is 4.13. The molecular weight excluding hydrogens is 198 g/mol. The third-order valence-electron chi connectivity index (χ3n) is 2.56. The summed E-state index contributed by atoms with van der Waals surface area (Å²) in [5.74, 6) is 1.23. The lowest BCUT2D eigenvalue weighted by Gasteiger charge is -2.28. The number of hydrogen-bond acceptors (Lipinski definition) is 3. The maximum absolute atomic E-state index is 12.0. The summed E-state index contributed by atoms with van der Waals surface area (Å²) in [5, 5.41) is 9.20. The van der Waals surface area contributed by atoms with E-state index in [9.17, 15) is 9.90 Å². The summed E-state index contributed by atoms with van der Waals surface area (Å²) in [6, 6.07) is 0. The minimum Gasteiger partial charge on any atom is -0.392 e. The van der Waals surface area contributed by atoms with Gasteiger partial charge in [-0.2, -0.15) is 0 Å². The van der Waals surface area contributed by atoms with Gasteiger partial charge in [-0.15, -0.1) is 11.8 Å². The van der Waals surface area contributed by atoms with Gasteiger partial charge in [-0.3, -0.25) is 4.79 Å². The van der Waals surface area contributed by atoms with Crippen LogP contribution in [0.25, 0.3) is 0 Å². The summed E-state index contributed by atoms with van der Waals surface area (Å²) in [6.07, 6.45) is 1.63. The van der Waals surface area contributed by atoms with E-state index in [4.69, 9.17) is 0 Å². The molecule has 2 atom stereocenters. The predicted molar refractivity (Wildman–Crippen MR) is 59.4 cm³/mol. The number of rotatable bonds is 3. The average molecular weight is 217 g/mol. The van der Waals surface area contributed by atoms with Crippen LogP contribution in [-0.4, -0.2) is 46.1 Å². The zero-order valence-corrected chi connectivity index (χ0v) is 9.93. The number of carbonyl (C=O) groups excluding carboxylic acids is 1. The highest BCUT2D eigenvalue weighted by Gasteiger charge is 2.39. The van der Waals surface area contributed by atoms with Crippen molar-refractivity contribution in [2.75, 3.05) is 19.3 Å². The number of carbonyl (C=O) groups is 1. The monoisotopic (exact) mass is 217 g/mol. The molecule has 1 aliphatic heterocycles. The number of thioether (sulfide) groups is 1. The van der Waals surface area contributed by atoms with E-state index in [1.54, 1.807) is 30.6 Å². The Hall–Kier alpha value is -0.220. The van der Waals surface area contributed by atoms with Crippen LogP contribution in [0, 0.1) is 0 Å². The second-order valence-electron chi connectivity index (χ2n) is 4.22. The maximum Gasteiger partial charge on any atom is 0.238 e. The molecule has 3 nitrogen and oxygen atoms in total. The highest BCUT2D eigenvalue weighted by molar-refractivity contribution is 8.01. The highest BCUT2D eigenvalue weighted by Crippen LogP contribution is 2.38. The summed E-state index contributed by atoms with van der Waals surface area (Å²) in [7, 11) is 1.76. The van der Waals surface area contributed by atoms with Gasteiger partial charge >= 0.3 is 0 Å². The molecule has 14 heavy (non-hydrogen) atoms. The first-order valence-electron chi connectivity index (χ1n) is 5.03. The Kier molecular flexibility index (Phi) is 3.84. The van der Waals surface area contributed by atoms with Gasteiger partial charge in [-0.25, -0.2) is 0 Å². The van der Waals surface area contributed by atoms with Gasteiger partial charge < -0.3 is 10.0 Å². The standard InChI is InChI=1S/C10H19NO2S/c1-8(12)7-11(3)9(13)10(2)5-4-6-14-10/h8,12H,4-7H2,1-3H3. The third kappa shape index (κ3) is 2.64. The molecule has 4 heteroatoms. The van der Waals surface area contributed by atoms with Crippen LogP contribution >= 0.6 is 11.8 Å². The average Bonchev–Trinajstić information content (AvgIpc) is 2.51. The molecular formula is C10H19NO2S. The first kappa shape index (κ1) is 11.9. The molecule has 1 fully saturated rings. The van der Waals surface area contributed by atoms with E-state index in [0.29, 0.717) is 6.54 Å². The zero-order chi connectivity index (χ0) is 10.8. The Morgan fingerprint density at radius 3 is 2.79 bits per heavy atom. The van der Waals surface area contributed by atoms with Gasteiger partial charge in [-0.05, 0) is 32.4 Å². The molecule has 2 unspecified atom stereocenters. The first-order chi connectivity index (χ1) is 6.46. The molecule has 0 aromatic carbocycles. The van der Waals surface area contributed by atoms with Crippen molar-refractivity contribution in [3.8, 4) is 0 Å². The molecule has 1 aliphatic rings. The maximum atomic E-state index is 12.0. The van der Waals surface area contributed by atoms with Crippen LogP contribution < -0.4 is 0 Å². The van der Waals surface area contributed by atoms with Crippen molar-refractivity contribution in [1.82, 2.24) is 4.90 Å². The van der Waals surface area contributed by atoms with Crippen LogP contribution in [0.5, 0.6) is 0 Å². The van der Waals surface area contributed by atoms with E-state index in [1.807, 2.05) is 6.92 Å². The lowest BCUT2D eigenvalue weighted by atomic mass is 10.0. The molecule has 0 saturated carbocycles. The molecule has 1 saturated heterocycles. The van der Waals surface area contributed by atoms with Gasteiger partial charge in [0.2, 0.25) is 5.91 Å². The first-order valence-corrected chi connectivity index (χ1v) is 6.02. The minimum atomic E-state index is -0.445. The SMILES string of the molecule is CC(O)CN(C)C(=O)C1(C)CCCS1. The van der Waals surface area contributed by atoms with Gasteiger partial charge in [-0.1, -0.05) is 0 Å². The summed E-state index contributed by atoms with van der Waals surface area (Å²) in [4.78, 5) is 13.6. The molecule has 1 amide bonds. The quantitative estimate of drug-likeness (QED) is 0.770. The number of hydrogen-bond donors (Lipinski definition) is 1. The molecule has 0 spiro atoms. The Morgan fingerprint density at radius 1 is 1.71 bits per heavy atom. The van der Waals surface area contributed by atoms with Crippen molar-refractivity contribution in [3.05, 3.63) is 0 Å². The van der Waals surface area contributed by atoms with E-state index < -0.39 is 6.10 Å². The van der Waals surface area contributed by atoms with Gasteiger partial charge in [0.1, 0.15) is 0 Å². The van der Waals surface area contributed by atoms with Crippen molar-refractivity contribution in [1.29, 1.82) is 0 Å². The van der Waals surface area contributed by atoms with Gasteiger partial charge in [0.05, 0.1) is 10.9 Å².